The van der Waals surface area contributed by atoms with Gasteiger partial charge in [-0.1, -0.05) is 53.6 Å². The molecule has 71 heavy (non-hydrogen) atoms. The summed E-state index contributed by atoms with van der Waals surface area (Å²) in [5, 5.41) is 30.6. The lowest BCUT2D eigenvalue weighted by Crippen LogP contribution is -2.56. The van der Waals surface area contributed by atoms with E-state index < -0.39 is 10.0 Å². The minimum Gasteiger partial charge on any atom is -0.490 e. The molecule has 9 rings (SSSR count). The fourth-order valence-corrected chi connectivity index (χ4v) is 10.5. The maximum absolute atomic E-state index is 12.8. The Labute approximate surface area is 413 Å². The summed E-state index contributed by atoms with van der Waals surface area (Å²) in [4.78, 5) is 35.2. The van der Waals surface area contributed by atoms with Crippen LogP contribution < -0.4 is 19.5 Å². The molecule has 1 saturated heterocycles. The van der Waals surface area contributed by atoms with E-state index in [9.17, 15) is 28.5 Å². The van der Waals surface area contributed by atoms with Crippen molar-refractivity contribution in [3.05, 3.63) is 106 Å². The third-order valence-corrected chi connectivity index (χ3v) is 14.2. The highest BCUT2D eigenvalue weighted by molar-refractivity contribution is 7.89. The summed E-state index contributed by atoms with van der Waals surface area (Å²) in [6.45, 7) is 12.0. The molecule has 1 fully saturated rings. The van der Waals surface area contributed by atoms with Crippen LogP contribution in [0.1, 0.15) is 119 Å². The number of carbonyl (C=O) groups is 2. The molecule has 368 valence electrons. The predicted octanol–water partition coefficient (Wildman–Crippen LogP) is 9.44. The van der Waals surface area contributed by atoms with Crippen LogP contribution >= 0.6 is 0 Å². The van der Waals surface area contributed by atoms with E-state index in [1.54, 1.807) is 48.2 Å². The molecule has 2 atom stereocenters. The number of amides is 2. The fourth-order valence-electron chi connectivity index (χ4n) is 9.19. The van der Waals surface area contributed by atoms with E-state index in [0.29, 0.717) is 76.7 Å². The molecule has 0 spiro atoms. The number of benzene rings is 4. The molecular weight excluding hydrogens is 923 g/mol. The molecule has 2 aliphatic carbocycles. The number of nitriles is 2. The average Bonchev–Trinajstić information content (AvgIpc) is 4.03. The molecule has 1 aliphatic heterocycles. The van der Waals surface area contributed by atoms with Crippen LogP contribution in [0, 0.1) is 28.6 Å². The Kier molecular flexibility index (Phi) is 15.3. The van der Waals surface area contributed by atoms with E-state index in [4.69, 9.17) is 18.5 Å². The van der Waals surface area contributed by atoms with Crippen LogP contribution in [-0.2, 0) is 27.7 Å². The molecule has 3 heterocycles. The number of Topliss-reactive ketones (excluding diaryl/α,β-unsaturated/α-hetero) is 1. The molecule has 6 aromatic rings. The third-order valence-electron chi connectivity index (χ3n) is 12.6. The van der Waals surface area contributed by atoms with Gasteiger partial charge in [0.1, 0.15) is 29.4 Å². The van der Waals surface area contributed by atoms with Crippen molar-refractivity contribution in [2.75, 3.05) is 18.8 Å². The molecule has 2 N–H and O–H groups in total. The third kappa shape index (κ3) is 11.5. The van der Waals surface area contributed by atoms with Gasteiger partial charge in [0.2, 0.25) is 21.7 Å². The summed E-state index contributed by atoms with van der Waals surface area (Å²) < 4.78 is 50.1. The van der Waals surface area contributed by atoms with Gasteiger partial charge in [-0.05, 0) is 138 Å². The van der Waals surface area contributed by atoms with Crippen molar-refractivity contribution < 1.29 is 36.5 Å². The smallest absolute Gasteiger partial charge is 0.317 e. The first kappa shape index (κ1) is 50.0. The number of rotatable bonds is 14. The summed E-state index contributed by atoms with van der Waals surface area (Å²) >= 11 is 0. The van der Waals surface area contributed by atoms with Gasteiger partial charge < -0.3 is 28.7 Å². The van der Waals surface area contributed by atoms with Crippen molar-refractivity contribution in [1.29, 1.82) is 10.5 Å². The molecule has 3 aliphatic rings. The average molecular weight is 980 g/mol. The minimum absolute atomic E-state index is 0.0470. The van der Waals surface area contributed by atoms with Crippen LogP contribution in [-0.4, -0.2) is 76.5 Å². The summed E-state index contributed by atoms with van der Waals surface area (Å²) in [6, 6.07) is 25.9. The van der Waals surface area contributed by atoms with Crippen LogP contribution in [0.25, 0.3) is 45.7 Å². The van der Waals surface area contributed by atoms with Crippen LogP contribution in [0.2, 0.25) is 0 Å². The number of hydrogen-bond donors (Lipinski definition) is 2. The highest BCUT2D eigenvalue weighted by Gasteiger charge is 2.35. The number of ketones is 1. The van der Waals surface area contributed by atoms with E-state index in [1.807, 2.05) is 71.0 Å². The van der Waals surface area contributed by atoms with Crippen LogP contribution in [0.3, 0.4) is 0 Å². The summed E-state index contributed by atoms with van der Waals surface area (Å²) in [6.07, 6.45) is 5.48. The zero-order valence-corrected chi connectivity index (χ0v) is 41.5. The first-order chi connectivity index (χ1) is 34.1. The number of carbonyl (C=O) groups excluding carboxylic acids is 2. The molecule has 2 aromatic heterocycles. The van der Waals surface area contributed by atoms with Crippen molar-refractivity contribution in [3.8, 4) is 69.3 Å². The van der Waals surface area contributed by atoms with E-state index in [-0.39, 0.29) is 47.8 Å². The van der Waals surface area contributed by atoms with Crippen LogP contribution in [0.4, 0.5) is 4.79 Å². The molecule has 0 unspecified atom stereocenters. The number of likely N-dealkylation sites (tertiary alicyclic amines) is 1. The highest BCUT2D eigenvalue weighted by Crippen LogP contribution is 2.39. The van der Waals surface area contributed by atoms with Gasteiger partial charge in [0.05, 0.1) is 41.0 Å². The Morgan fingerprint density at radius 3 is 1.72 bits per heavy atom. The lowest BCUT2D eigenvalue weighted by Gasteiger charge is -2.39. The lowest BCUT2D eigenvalue weighted by atomic mass is 9.84. The number of aromatic nitrogens is 4. The molecule has 0 bridgehead atoms. The largest absolute Gasteiger partial charge is 0.490 e. The first-order valence-corrected chi connectivity index (χ1v) is 25.7. The van der Waals surface area contributed by atoms with Gasteiger partial charge in [0.15, 0.2) is 0 Å². The Morgan fingerprint density at radius 1 is 0.761 bits per heavy atom. The van der Waals surface area contributed by atoms with Gasteiger partial charge in [-0.15, -0.1) is 0 Å². The molecule has 2 amide bonds. The van der Waals surface area contributed by atoms with Crippen molar-refractivity contribution >= 4 is 21.8 Å². The van der Waals surface area contributed by atoms with Crippen molar-refractivity contribution in [2.45, 2.75) is 111 Å². The molecule has 18 heteroatoms. The van der Waals surface area contributed by atoms with E-state index in [0.717, 1.165) is 71.9 Å². The van der Waals surface area contributed by atoms with E-state index >= 15 is 0 Å². The van der Waals surface area contributed by atoms with Crippen LogP contribution in [0.5, 0.6) is 11.5 Å². The minimum atomic E-state index is -3.34. The zero-order valence-electron chi connectivity index (χ0n) is 40.7. The Balaban J connectivity index is 0.000000191. The number of hydrogen-bond acceptors (Lipinski definition) is 14. The second kappa shape index (κ2) is 21.7. The summed E-state index contributed by atoms with van der Waals surface area (Å²) in [5.74, 6) is 2.73. The standard InChI is InChI=1S/C28H29N5O4.C25H28N4O4S/c1-16(2)36-25-11-10-18(12-19(25)13-29)27-31-26(32-37-27)23-8-4-7-22-21(23)6-5-9-24(22)30-28(35)33-14-20(15-33)17(3)34;1-4-13-34(30,31)29-22-10-6-7-19-20(22)8-5-9-21(19)24-27-25(33-28-24)17-11-12-23(32-16(2)3)18(14-17)15-26/h4,7-8,10-12,16,20,24H,5-6,9,14-15H2,1-3H3,(H,30,35);5,8-9,11-12,14,16,22,29H,4,6-7,10,13H2,1-3H3/t24-;22-/m01/s1. The lowest BCUT2D eigenvalue weighted by molar-refractivity contribution is -0.124. The predicted molar refractivity (Wildman–Crippen MR) is 264 cm³/mol. The first-order valence-electron chi connectivity index (χ1n) is 24.0. The normalized spacial score (nSPS) is 16.4. The van der Waals surface area contributed by atoms with Crippen molar-refractivity contribution in [3.63, 3.8) is 0 Å². The zero-order chi connectivity index (χ0) is 50.4. The quantitative estimate of drug-likeness (QED) is 0.103. The Bertz CT molecular complexity index is 3130. The molecule has 17 nitrogen and oxygen atoms in total. The van der Waals surface area contributed by atoms with Gasteiger partial charge in [0, 0.05) is 41.4 Å². The Morgan fingerprint density at radius 2 is 1.25 bits per heavy atom. The second-order valence-electron chi connectivity index (χ2n) is 18.6. The maximum atomic E-state index is 12.8. The van der Waals surface area contributed by atoms with E-state index in [2.05, 4.69) is 42.5 Å². The highest BCUT2D eigenvalue weighted by atomic mass is 32.2. The number of ether oxygens (including phenoxy) is 2. The number of fused-ring (bicyclic) bond motifs is 2. The molecular formula is C53H57N9O8S. The van der Waals surface area contributed by atoms with Crippen LogP contribution in [0.15, 0.2) is 81.8 Å². The van der Waals surface area contributed by atoms with Crippen molar-refractivity contribution in [2.24, 2.45) is 5.92 Å². The van der Waals surface area contributed by atoms with Gasteiger partial charge in [0.25, 0.3) is 11.8 Å². The topological polar surface area (TPSA) is 239 Å². The van der Waals surface area contributed by atoms with Gasteiger partial charge >= 0.3 is 6.03 Å². The molecule has 0 saturated carbocycles. The Hall–Kier alpha value is -7.41. The summed E-state index contributed by atoms with van der Waals surface area (Å²) in [7, 11) is -3.34. The number of nitrogens with zero attached hydrogens (tertiary/aromatic N) is 7. The summed E-state index contributed by atoms with van der Waals surface area (Å²) in [5.41, 5.74) is 7.88. The van der Waals surface area contributed by atoms with Gasteiger partial charge in [-0.3, -0.25) is 4.79 Å². The monoisotopic (exact) mass is 979 g/mol. The maximum Gasteiger partial charge on any atom is 0.317 e. The fraction of sp³-hybridized carbons (Fsp3) is 0.396. The number of sulfonamides is 1. The number of nitrogens with one attached hydrogen (secondary N) is 2. The van der Waals surface area contributed by atoms with Gasteiger partial charge in [-0.2, -0.15) is 20.5 Å². The van der Waals surface area contributed by atoms with Gasteiger partial charge in [-0.25, -0.2) is 17.9 Å². The van der Waals surface area contributed by atoms with Crippen molar-refractivity contribution in [1.82, 2.24) is 35.2 Å². The SMILES string of the molecule is CC(=O)C1CN(C(=O)N[C@H]2CCCc3c(-c4noc(-c5ccc(OC(C)C)c(C#N)c5)n4)cccc32)C1.CCCS(=O)(=O)N[C@@H]1CCCc2c(-c3noc(-c4ccc(OC(C)C)c(C#N)c4)n3)cccc21. The molecule has 0 radical (unpaired) electrons. The second-order valence-corrected chi connectivity index (χ2v) is 20.4. The number of urea groups is 1. The molecule has 4 aromatic carbocycles. The van der Waals surface area contributed by atoms with E-state index in [1.165, 1.54) is 0 Å².